The SMILES string of the molecule is CCN1CCCC1CNC(N)=NCc1ccc(OC2CCCC2)nc1. The largest absolute Gasteiger partial charge is 0.474 e. The molecule has 2 aliphatic rings. The lowest BCUT2D eigenvalue weighted by Crippen LogP contribution is -2.42. The summed E-state index contributed by atoms with van der Waals surface area (Å²) in [5.41, 5.74) is 7.04. The Morgan fingerprint density at radius 2 is 2.16 bits per heavy atom. The summed E-state index contributed by atoms with van der Waals surface area (Å²) in [6.45, 7) is 5.92. The summed E-state index contributed by atoms with van der Waals surface area (Å²) >= 11 is 0. The van der Waals surface area contributed by atoms with Crippen molar-refractivity contribution in [1.82, 2.24) is 15.2 Å². The molecule has 138 valence electrons. The van der Waals surface area contributed by atoms with Crippen molar-refractivity contribution in [2.75, 3.05) is 19.6 Å². The van der Waals surface area contributed by atoms with Crippen molar-refractivity contribution in [3.8, 4) is 5.88 Å². The van der Waals surface area contributed by atoms with Crippen LogP contribution in [0, 0.1) is 0 Å². The Kier molecular flexibility index (Phi) is 6.50. The number of likely N-dealkylation sites (N-methyl/N-ethyl adjacent to an activating group) is 1. The maximum Gasteiger partial charge on any atom is 0.213 e. The number of rotatable bonds is 7. The smallest absolute Gasteiger partial charge is 0.213 e. The predicted octanol–water partition coefficient (Wildman–Crippen LogP) is 2.29. The summed E-state index contributed by atoms with van der Waals surface area (Å²) in [6, 6.07) is 4.53. The van der Waals surface area contributed by atoms with Crippen LogP contribution in [0.4, 0.5) is 0 Å². The van der Waals surface area contributed by atoms with Gasteiger partial charge in [-0.05, 0) is 57.2 Å². The molecule has 0 spiro atoms. The first-order valence-electron chi connectivity index (χ1n) is 9.64. The molecule has 0 bridgehead atoms. The van der Waals surface area contributed by atoms with E-state index in [4.69, 9.17) is 10.5 Å². The minimum atomic E-state index is 0.342. The standard InChI is InChI=1S/C19H31N5O/c1-2-24-11-5-6-16(24)14-23-19(20)22-13-15-9-10-18(21-12-15)25-17-7-3-4-8-17/h9-10,12,16-17H,2-8,11,13-14H2,1H3,(H3,20,22,23). The average Bonchev–Trinajstić information content (AvgIpc) is 3.30. The molecule has 6 heteroatoms. The van der Waals surface area contributed by atoms with E-state index in [2.05, 4.69) is 27.1 Å². The Morgan fingerprint density at radius 1 is 1.32 bits per heavy atom. The van der Waals surface area contributed by atoms with Gasteiger partial charge in [-0.2, -0.15) is 0 Å². The fourth-order valence-electron chi connectivity index (χ4n) is 3.75. The van der Waals surface area contributed by atoms with Crippen molar-refractivity contribution in [3.05, 3.63) is 23.9 Å². The van der Waals surface area contributed by atoms with Gasteiger partial charge in [-0.25, -0.2) is 9.98 Å². The first-order valence-corrected chi connectivity index (χ1v) is 9.64. The third-order valence-electron chi connectivity index (χ3n) is 5.24. The molecule has 2 fully saturated rings. The molecular weight excluding hydrogens is 314 g/mol. The third kappa shape index (κ3) is 5.33. The van der Waals surface area contributed by atoms with Crippen molar-refractivity contribution in [2.24, 2.45) is 10.7 Å². The highest BCUT2D eigenvalue weighted by Gasteiger charge is 2.22. The van der Waals surface area contributed by atoms with Gasteiger partial charge in [0.25, 0.3) is 0 Å². The molecule has 1 aliphatic carbocycles. The van der Waals surface area contributed by atoms with Crippen LogP contribution in [0.15, 0.2) is 23.3 Å². The zero-order chi connectivity index (χ0) is 17.5. The molecule has 2 heterocycles. The van der Waals surface area contributed by atoms with Crippen LogP contribution in [0.1, 0.15) is 51.0 Å². The van der Waals surface area contributed by atoms with Crippen LogP contribution < -0.4 is 15.8 Å². The second-order valence-corrected chi connectivity index (χ2v) is 7.04. The molecule has 1 aromatic rings. The topological polar surface area (TPSA) is 75.8 Å². The second kappa shape index (κ2) is 9.04. The highest BCUT2D eigenvalue weighted by molar-refractivity contribution is 5.77. The van der Waals surface area contributed by atoms with Crippen LogP contribution in [0.2, 0.25) is 0 Å². The fraction of sp³-hybridized carbons (Fsp3) is 0.684. The summed E-state index contributed by atoms with van der Waals surface area (Å²) in [7, 11) is 0. The summed E-state index contributed by atoms with van der Waals surface area (Å²) in [4.78, 5) is 11.3. The van der Waals surface area contributed by atoms with Gasteiger partial charge >= 0.3 is 0 Å². The Bertz CT molecular complexity index is 553. The highest BCUT2D eigenvalue weighted by Crippen LogP contribution is 2.23. The van der Waals surface area contributed by atoms with Crippen LogP contribution in [0.3, 0.4) is 0 Å². The van der Waals surface area contributed by atoms with Crippen molar-refractivity contribution >= 4 is 5.96 Å². The van der Waals surface area contributed by atoms with Crippen LogP contribution >= 0.6 is 0 Å². The highest BCUT2D eigenvalue weighted by atomic mass is 16.5. The molecule has 0 aromatic carbocycles. The number of nitrogens with one attached hydrogen (secondary N) is 1. The van der Waals surface area contributed by atoms with Gasteiger partial charge in [-0.1, -0.05) is 13.0 Å². The molecule has 3 rings (SSSR count). The quantitative estimate of drug-likeness (QED) is 0.586. The third-order valence-corrected chi connectivity index (χ3v) is 5.24. The van der Waals surface area contributed by atoms with Gasteiger partial charge in [0.15, 0.2) is 5.96 Å². The van der Waals surface area contributed by atoms with Crippen molar-refractivity contribution < 1.29 is 4.74 Å². The van der Waals surface area contributed by atoms with E-state index in [1.54, 1.807) is 0 Å². The first-order chi connectivity index (χ1) is 12.2. The monoisotopic (exact) mass is 345 g/mol. The van der Waals surface area contributed by atoms with Gasteiger partial charge in [-0.3, -0.25) is 4.90 Å². The number of hydrogen-bond acceptors (Lipinski definition) is 4. The molecule has 1 saturated heterocycles. The number of nitrogens with two attached hydrogens (primary N) is 1. The van der Waals surface area contributed by atoms with E-state index in [-0.39, 0.29) is 0 Å². The van der Waals surface area contributed by atoms with E-state index < -0.39 is 0 Å². The number of aromatic nitrogens is 1. The zero-order valence-electron chi connectivity index (χ0n) is 15.3. The number of aliphatic imine (C=N–C) groups is 1. The summed E-state index contributed by atoms with van der Waals surface area (Å²) in [5.74, 6) is 1.22. The molecular formula is C19H31N5O. The minimum absolute atomic E-state index is 0.342. The van der Waals surface area contributed by atoms with Gasteiger partial charge in [0, 0.05) is 24.8 Å². The van der Waals surface area contributed by atoms with Crippen molar-refractivity contribution in [2.45, 2.75) is 64.1 Å². The van der Waals surface area contributed by atoms with E-state index in [1.165, 1.54) is 32.2 Å². The molecule has 6 nitrogen and oxygen atoms in total. The molecule has 1 unspecified atom stereocenters. The number of likely N-dealkylation sites (tertiary alicyclic amines) is 1. The van der Waals surface area contributed by atoms with E-state index in [1.807, 2.05) is 18.3 Å². The number of guanidine groups is 1. The normalized spacial score (nSPS) is 22.4. The number of pyridine rings is 1. The maximum atomic E-state index is 6.00. The Balaban J connectivity index is 1.42. The van der Waals surface area contributed by atoms with Gasteiger partial charge < -0.3 is 15.8 Å². The van der Waals surface area contributed by atoms with E-state index in [9.17, 15) is 0 Å². The van der Waals surface area contributed by atoms with E-state index in [0.717, 1.165) is 31.5 Å². The molecule has 1 saturated carbocycles. The predicted molar refractivity (Wildman–Crippen MR) is 101 cm³/mol. The number of ether oxygens (including phenoxy) is 1. The lowest BCUT2D eigenvalue weighted by molar-refractivity contribution is 0.201. The molecule has 1 aliphatic heterocycles. The Morgan fingerprint density at radius 3 is 2.88 bits per heavy atom. The zero-order valence-corrected chi connectivity index (χ0v) is 15.3. The van der Waals surface area contributed by atoms with E-state index in [0.29, 0.717) is 30.5 Å². The minimum Gasteiger partial charge on any atom is -0.474 e. The lowest BCUT2D eigenvalue weighted by Gasteiger charge is -2.23. The molecule has 0 amide bonds. The fourth-order valence-corrected chi connectivity index (χ4v) is 3.75. The van der Waals surface area contributed by atoms with Crippen molar-refractivity contribution in [1.29, 1.82) is 0 Å². The van der Waals surface area contributed by atoms with Crippen LogP contribution in [0.25, 0.3) is 0 Å². The van der Waals surface area contributed by atoms with Gasteiger partial charge in [0.2, 0.25) is 5.88 Å². The van der Waals surface area contributed by atoms with Crippen LogP contribution in [-0.4, -0.2) is 47.6 Å². The Hall–Kier alpha value is -1.82. The van der Waals surface area contributed by atoms with Crippen molar-refractivity contribution in [3.63, 3.8) is 0 Å². The average molecular weight is 345 g/mol. The maximum absolute atomic E-state index is 6.00. The number of hydrogen-bond donors (Lipinski definition) is 2. The van der Waals surface area contributed by atoms with Crippen LogP contribution in [0.5, 0.6) is 5.88 Å². The van der Waals surface area contributed by atoms with Crippen LogP contribution in [-0.2, 0) is 6.54 Å². The molecule has 25 heavy (non-hydrogen) atoms. The molecule has 3 N–H and O–H groups in total. The van der Waals surface area contributed by atoms with E-state index >= 15 is 0 Å². The van der Waals surface area contributed by atoms with Gasteiger partial charge in [0.05, 0.1) is 6.54 Å². The Labute approximate surface area is 150 Å². The molecule has 1 aromatic heterocycles. The second-order valence-electron chi connectivity index (χ2n) is 7.04. The number of nitrogens with zero attached hydrogens (tertiary/aromatic N) is 3. The van der Waals surface area contributed by atoms with Gasteiger partial charge in [-0.15, -0.1) is 0 Å². The summed E-state index contributed by atoms with van der Waals surface area (Å²) in [6.07, 6.45) is 9.50. The first kappa shape index (κ1) is 18.0. The molecule has 1 atom stereocenters. The lowest BCUT2D eigenvalue weighted by atomic mass is 10.2. The summed E-state index contributed by atoms with van der Waals surface area (Å²) in [5, 5.41) is 3.26. The summed E-state index contributed by atoms with van der Waals surface area (Å²) < 4.78 is 5.88. The van der Waals surface area contributed by atoms with Gasteiger partial charge in [0.1, 0.15) is 6.10 Å². The molecule has 0 radical (unpaired) electrons.